The number of aromatic amines is 2. The summed E-state index contributed by atoms with van der Waals surface area (Å²) in [6, 6.07) is 15.1. The van der Waals surface area contributed by atoms with Gasteiger partial charge in [-0.05, 0) is 140 Å². The van der Waals surface area contributed by atoms with Crippen molar-refractivity contribution >= 4 is 11.9 Å². The van der Waals surface area contributed by atoms with Crippen molar-refractivity contribution in [3.8, 4) is 11.6 Å². The minimum Gasteiger partial charge on any atom is -0.481 e. The van der Waals surface area contributed by atoms with Crippen LogP contribution in [0.4, 0.5) is 8.78 Å². The predicted molar refractivity (Wildman–Crippen MR) is 275 cm³/mol. The number of H-pyrrole nitrogens is 2. The molecule has 0 aromatic carbocycles. The van der Waals surface area contributed by atoms with E-state index in [0.29, 0.717) is 37.3 Å². The van der Waals surface area contributed by atoms with E-state index in [2.05, 4.69) is 50.9 Å². The van der Waals surface area contributed by atoms with E-state index >= 15 is 0 Å². The molecule has 2 aliphatic carbocycles. The van der Waals surface area contributed by atoms with Gasteiger partial charge in [0.1, 0.15) is 11.6 Å². The van der Waals surface area contributed by atoms with Gasteiger partial charge < -0.3 is 16.2 Å². The van der Waals surface area contributed by atoms with E-state index in [1.54, 1.807) is 24.5 Å². The number of aliphatic carboxylic acids is 1. The van der Waals surface area contributed by atoms with Crippen molar-refractivity contribution in [1.82, 2.24) is 75.2 Å². The van der Waals surface area contributed by atoms with Crippen LogP contribution in [0.5, 0.6) is 0 Å². The number of pyridine rings is 2. The average molecular weight is 1020 g/mol. The van der Waals surface area contributed by atoms with Crippen molar-refractivity contribution in [3.63, 3.8) is 0 Å². The number of hydrogen-bond acceptors (Lipinski definition) is 13. The van der Waals surface area contributed by atoms with Crippen LogP contribution in [-0.2, 0) is 22.4 Å². The molecule has 2 aliphatic rings. The normalized spacial score (nSPS) is 18.2. The standard InChI is InChI=1S/C27H31FN8O.C17H22N4O2.C10H11FN4/c1-16-10-23(12-24-11-17(2)34-35-24)33-26(31-16)19-4-6-20(7-5-19)27(37)32-18(3)21-8-9-25(29-13-21)36-15-22(28)14-30-36;1-10-7-14(9-15-8-11(2)20-21-15)19-16(18-10)12-3-5-13(6-4-12)17(22)23;1-7(12)8-2-3-10(13-4-8)15-6-9(11)5-14-15/h8-11,13-15,18-20H,4-7,12H2,1-3H3,(H,32,37)(H,34,35);7-8,12-13H,3-6,9H2,1-2H3,(H,20,21)(H,22,23);2-7H,12H2,1H3/t18-,19?,20?;;7-/m0.0/s1. The molecule has 6 N–H and O–H groups in total. The number of nitrogens with one attached hydrogen (secondary N) is 3. The molecule has 19 nitrogen and oxygen atoms in total. The molecule has 0 bridgehead atoms. The Morgan fingerprint density at radius 1 is 0.640 bits per heavy atom. The van der Waals surface area contributed by atoms with Crippen LogP contribution in [0.15, 0.2) is 85.7 Å². The van der Waals surface area contributed by atoms with Gasteiger partial charge in [-0.25, -0.2) is 48.0 Å². The summed E-state index contributed by atoms with van der Waals surface area (Å²) in [6.45, 7) is 11.8. The van der Waals surface area contributed by atoms with Crippen LogP contribution in [0.1, 0.15) is 157 Å². The van der Waals surface area contributed by atoms with E-state index < -0.39 is 11.8 Å². The maximum absolute atomic E-state index is 13.2. The quantitative estimate of drug-likeness (QED) is 0.0726. The second-order valence-corrected chi connectivity index (χ2v) is 19.7. The lowest BCUT2D eigenvalue weighted by Gasteiger charge is -2.28. The number of carbonyl (C=O) groups excluding carboxylic acids is 1. The number of amides is 1. The molecule has 0 saturated heterocycles. The van der Waals surface area contributed by atoms with Crippen molar-refractivity contribution in [2.75, 3.05) is 0 Å². The molecule has 75 heavy (non-hydrogen) atoms. The van der Waals surface area contributed by atoms with Gasteiger partial charge in [0.25, 0.3) is 0 Å². The number of nitrogens with two attached hydrogens (primary N) is 1. The Bertz CT molecular complexity index is 3150. The highest BCUT2D eigenvalue weighted by Gasteiger charge is 2.31. The summed E-state index contributed by atoms with van der Waals surface area (Å²) in [5.41, 5.74) is 15.4. The first-order chi connectivity index (χ1) is 36.0. The molecule has 1 amide bonds. The zero-order valence-corrected chi connectivity index (χ0v) is 43.1. The fourth-order valence-corrected chi connectivity index (χ4v) is 9.44. The van der Waals surface area contributed by atoms with Crippen LogP contribution in [0.25, 0.3) is 11.6 Å². The van der Waals surface area contributed by atoms with Crippen molar-refractivity contribution < 1.29 is 23.5 Å². The number of aryl methyl sites for hydroxylation is 4. The number of carbonyl (C=O) groups is 2. The Balaban J connectivity index is 0.000000166. The van der Waals surface area contributed by atoms with Gasteiger partial charge in [-0.3, -0.25) is 19.8 Å². The summed E-state index contributed by atoms with van der Waals surface area (Å²) in [6.07, 6.45) is 16.0. The third kappa shape index (κ3) is 14.6. The topological polar surface area (TPSA) is 263 Å². The maximum Gasteiger partial charge on any atom is 0.306 e. The Labute approximate surface area is 433 Å². The van der Waals surface area contributed by atoms with E-state index in [1.807, 2.05) is 77.9 Å². The van der Waals surface area contributed by atoms with Crippen LogP contribution < -0.4 is 11.1 Å². The van der Waals surface area contributed by atoms with Gasteiger partial charge in [-0.2, -0.15) is 20.4 Å². The number of nitrogens with zero attached hydrogens (tertiary/aromatic N) is 12. The molecule has 392 valence electrons. The lowest BCUT2D eigenvalue weighted by atomic mass is 9.81. The fourth-order valence-electron chi connectivity index (χ4n) is 9.44. The largest absolute Gasteiger partial charge is 0.481 e. The van der Waals surface area contributed by atoms with Crippen molar-refractivity contribution in [1.29, 1.82) is 0 Å². The molecule has 8 aromatic heterocycles. The minimum atomic E-state index is -0.678. The van der Waals surface area contributed by atoms with Gasteiger partial charge in [0, 0.05) is 71.8 Å². The second kappa shape index (κ2) is 24.4. The maximum atomic E-state index is 13.2. The molecule has 2 fully saturated rings. The van der Waals surface area contributed by atoms with Crippen LogP contribution in [0.3, 0.4) is 0 Å². The smallest absolute Gasteiger partial charge is 0.306 e. The summed E-state index contributed by atoms with van der Waals surface area (Å²) >= 11 is 0. The molecular weight excluding hydrogens is 959 g/mol. The van der Waals surface area contributed by atoms with E-state index in [1.165, 1.54) is 21.8 Å². The molecule has 8 heterocycles. The second-order valence-electron chi connectivity index (χ2n) is 19.7. The number of carboxylic acids is 1. The highest BCUT2D eigenvalue weighted by atomic mass is 19.1. The molecule has 0 spiro atoms. The first kappa shape index (κ1) is 53.4. The van der Waals surface area contributed by atoms with Crippen molar-refractivity contribution in [2.24, 2.45) is 17.6 Å². The van der Waals surface area contributed by atoms with Gasteiger partial charge in [0.15, 0.2) is 23.3 Å². The average Bonchev–Trinajstić information content (AvgIpc) is 4.23. The van der Waals surface area contributed by atoms with E-state index in [9.17, 15) is 18.4 Å². The Kier molecular flexibility index (Phi) is 17.4. The van der Waals surface area contributed by atoms with E-state index in [-0.39, 0.29) is 47.5 Å². The summed E-state index contributed by atoms with van der Waals surface area (Å²) in [5, 5.41) is 34.5. The Morgan fingerprint density at radius 3 is 1.47 bits per heavy atom. The molecule has 2 saturated carbocycles. The van der Waals surface area contributed by atoms with E-state index in [0.717, 1.165) is 119 Å². The highest BCUT2D eigenvalue weighted by Crippen LogP contribution is 2.36. The third-order valence-electron chi connectivity index (χ3n) is 13.5. The van der Waals surface area contributed by atoms with Crippen molar-refractivity contribution in [2.45, 2.75) is 130 Å². The van der Waals surface area contributed by atoms with Crippen LogP contribution in [0, 0.1) is 51.2 Å². The fraction of sp³-hybridized carbons (Fsp3) is 0.407. The lowest BCUT2D eigenvalue weighted by molar-refractivity contribution is -0.142. The number of rotatable bonds is 13. The SMILES string of the molecule is C[C@H](N)c1ccc(-n2cc(F)cn2)nc1.Cc1cc(Cc2cc(C)[nH]n2)nc(C2CCC(C(=O)N[C@@H](C)c3ccc(-n4cc(F)cn4)nc3)CC2)n1.Cc1cc(Cc2cc(C)[nH]n2)nc(C2CCC(C(=O)O)CC2)n1. The van der Waals surface area contributed by atoms with Gasteiger partial charge in [-0.15, -0.1) is 0 Å². The molecule has 0 aliphatic heterocycles. The molecule has 21 heteroatoms. The Morgan fingerprint density at radius 2 is 1.09 bits per heavy atom. The molecule has 0 radical (unpaired) electrons. The lowest BCUT2D eigenvalue weighted by Crippen LogP contribution is -2.34. The molecule has 10 rings (SSSR count). The highest BCUT2D eigenvalue weighted by molar-refractivity contribution is 5.79. The van der Waals surface area contributed by atoms with Crippen molar-refractivity contribution in [3.05, 3.63) is 166 Å². The summed E-state index contributed by atoms with van der Waals surface area (Å²) in [4.78, 5) is 51.4. The van der Waals surface area contributed by atoms with Gasteiger partial charge in [-0.1, -0.05) is 12.1 Å². The van der Waals surface area contributed by atoms with Crippen LogP contribution in [-0.4, -0.2) is 86.8 Å². The number of carboxylic acid groups (broad SMARTS) is 1. The minimum absolute atomic E-state index is 0.0331. The molecule has 8 aromatic rings. The zero-order valence-electron chi connectivity index (χ0n) is 43.1. The van der Waals surface area contributed by atoms with Crippen LogP contribution >= 0.6 is 0 Å². The summed E-state index contributed by atoms with van der Waals surface area (Å²) in [5.74, 6) is 1.69. The first-order valence-electron chi connectivity index (χ1n) is 25.3. The summed E-state index contributed by atoms with van der Waals surface area (Å²) < 4.78 is 28.6. The van der Waals surface area contributed by atoms with Gasteiger partial charge in [0.2, 0.25) is 5.91 Å². The monoisotopic (exact) mass is 1020 g/mol. The molecule has 0 unspecified atom stereocenters. The predicted octanol–water partition coefficient (Wildman–Crippen LogP) is 8.47. The first-order valence-corrected chi connectivity index (χ1v) is 25.3. The molecule has 2 atom stereocenters. The summed E-state index contributed by atoms with van der Waals surface area (Å²) in [7, 11) is 0. The van der Waals surface area contributed by atoms with Crippen LogP contribution in [0.2, 0.25) is 0 Å². The van der Waals surface area contributed by atoms with Gasteiger partial charge >= 0.3 is 5.97 Å². The number of aromatic nitrogens is 14. The molecular formula is C54H64F2N16O3. The third-order valence-corrected chi connectivity index (χ3v) is 13.5. The van der Waals surface area contributed by atoms with Gasteiger partial charge in [0.05, 0.1) is 59.5 Å². The Hall–Kier alpha value is -7.94. The number of halogens is 2. The van der Waals surface area contributed by atoms with E-state index in [4.69, 9.17) is 25.8 Å². The number of hydrogen-bond donors (Lipinski definition) is 5. The zero-order chi connectivity index (χ0) is 53.2.